The standard InChI is InChI=1S/C18H20N2O3/c1-13(21)14-5-4-6-15(11-14)19-18(22)17-8-7-16(23-17)12-20-9-2-3-10-20/h4-8,11H,2-3,9-10,12H2,1H3,(H,19,22). The van der Waals surface area contributed by atoms with Crippen LogP contribution in [0, 0.1) is 0 Å². The monoisotopic (exact) mass is 312 g/mol. The molecule has 2 heterocycles. The van der Waals surface area contributed by atoms with Crippen molar-refractivity contribution in [1.29, 1.82) is 0 Å². The Morgan fingerprint density at radius 1 is 1.17 bits per heavy atom. The van der Waals surface area contributed by atoms with Crippen LogP contribution in [0.1, 0.15) is 46.4 Å². The summed E-state index contributed by atoms with van der Waals surface area (Å²) in [4.78, 5) is 25.9. The first-order valence-electron chi connectivity index (χ1n) is 7.85. The van der Waals surface area contributed by atoms with E-state index in [9.17, 15) is 9.59 Å². The first-order valence-corrected chi connectivity index (χ1v) is 7.85. The van der Waals surface area contributed by atoms with Crippen LogP contribution < -0.4 is 5.32 Å². The van der Waals surface area contributed by atoms with E-state index in [4.69, 9.17) is 4.42 Å². The third kappa shape index (κ3) is 3.87. The molecule has 1 aliphatic heterocycles. The van der Waals surface area contributed by atoms with Crippen LogP contribution in [0.4, 0.5) is 5.69 Å². The zero-order valence-electron chi connectivity index (χ0n) is 13.2. The maximum atomic E-state index is 12.2. The fourth-order valence-electron chi connectivity index (χ4n) is 2.75. The molecule has 3 rings (SSSR count). The molecule has 23 heavy (non-hydrogen) atoms. The van der Waals surface area contributed by atoms with Crippen molar-refractivity contribution >= 4 is 17.4 Å². The van der Waals surface area contributed by atoms with Crippen molar-refractivity contribution < 1.29 is 14.0 Å². The third-order valence-corrected chi connectivity index (χ3v) is 3.99. The molecule has 1 aromatic carbocycles. The summed E-state index contributed by atoms with van der Waals surface area (Å²) in [6, 6.07) is 10.4. The lowest BCUT2D eigenvalue weighted by Gasteiger charge is -2.11. The normalized spacial score (nSPS) is 14.8. The topological polar surface area (TPSA) is 62.6 Å². The number of furan rings is 1. The van der Waals surface area contributed by atoms with Crippen molar-refractivity contribution in [2.75, 3.05) is 18.4 Å². The van der Waals surface area contributed by atoms with Gasteiger partial charge in [0.15, 0.2) is 11.5 Å². The van der Waals surface area contributed by atoms with Crippen molar-refractivity contribution in [3.8, 4) is 0 Å². The summed E-state index contributed by atoms with van der Waals surface area (Å²) >= 11 is 0. The Morgan fingerprint density at radius 2 is 1.96 bits per heavy atom. The quantitative estimate of drug-likeness (QED) is 0.860. The number of anilines is 1. The molecule has 0 spiro atoms. The van der Waals surface area contributed by atoms with Crippen molar-refractivity contribution in [3.63, 3.8) is 0 Å². The SMILES string of the molecule is CC(=O)c1cccc(NC(=O)c2ccc(CN3CCCC3)o2)c1. The molecule has 1 aromatic heterocycles. The molecule has 0 bridgehead atoms. The number of likely N-dealkylation sites (tertiary alicyclic amines) is 1. The Labute approximate surface area is 135 Å². The number of amides is 1. The van der Waals surface area contributed by atoms with Gasteiger partial charge in [0.1, 0.15) is 5.76 Å². The van der Waals surface area contributed by atoms with Crippen molar-refractivity contribution in [2.45, 2.75) is 26.3 Å². The van der Waals surface area contributed by atoms with E-state index in [0.717, 1.165) is 25.4 Å². The summed E-state index contributed by atoms with van der Waals surface area (Å²) in [5.41, 5.74) is 1.15. The number of carbonyl (C=O) groups is 2. The first kappa shape index (κ1) is 15.5. The second-order valence-electron chi connectivity index (χ2n) is 5.84. The molecular weight excluding hydrogens is 292 g/mol. The van der Waals surface area contributed by atoms with Gasteiger partial charge in [-0.25, -0.2) is 0 Å². The molecule has 5 nitrogen and oxygen atoms in total. The smallest absolute Gasteiger partial charge is 0.291 e. The van der Waals surface area contributed by atoms with Crippen LogP contribution in [0.25, 0.3) is 0 Å². The highest BCUT2D eigenvalue weighted by molar-refractivity contribution is 6.03. The molecule has 1 N–H and O–H groups in total. The molecule has 1 saturated heterocycles. The van der Waals surface area contributed by atoms with Crippen molar-refractivity contribution in [1.82, 2.24) is 4.90 Å². The summed E-state index contributed by atoms with van der Waals surface area (Å²) < 4.78 is 5.64. The fourth-order valence-corrected chi connectivity index (χ4v) is 2.75. The second kappa shape index (κ2) is 6.79. The van der Waals surface area contributed by atoms with Gasteiger partial charge in [-0.2, -0.15) is 0 Å². The lowest BCUT2D eigenvalue weighted by molar-refractivity contribution is 0.0989. The Hall–Kier alpha value is -2.40. The molecule has 120 valence electrons. The Bertz CT molecular complexity index is 715. The average molecular weight is 312 g/mol. The van der Waals surface area contributed by atoms with Gasteiger partial charge in [0, 0.05) is 11.3 Å². The summed E-state index contributed by atoms with van der Waals surface area (Å²) in [5, 5.41) is 2.76. The van der Waals surface area contributed by atoms with Crippen LogP contribution in [-0.2, 0) is 6.54 Å². The van der Waals surface area contributed by atoms with E-state index >= 15 is 0 Å². The highest BCUT2D eigenvalue weighted by atomic mass is 16.4. The van der Waals surface area contributed by atoms with Gasteiger partial charge in [0.05, 0.1) is 6.54 Å². The van der Waals surface area contributed by atoms with Crippen LogP contribution in [0.3, 0.4) is 0 Å². The molecule has 2 aromatic rings. The minimum absolute atomic E-state index is 0.0352. The van der Waals surface area contributed by atoms with Gasteiger partial charge in [-0.1, -0.05) is 12.1 Å². The van der Waals surface area contributed by atoms with Gasteiger partial charge in [-0.3, -0.25) is 14.5 Å². The number of ketones is 1. The Balaban J connectivity index is 1.65. The average Bonchev–Trinajstić information content (AvgIpc) is 3.20. The molecular formula is C18H20N2O3. The molecule has 0 unspecified atom stereocenters. The van der Waals surface area contributed by atoms with Gasteiger partial charge >= 0.3 is 0 Å². The maximum absolute atomic E-state index is 12.2. The number of nitrogens with zero attached hydrogens (tertiary/aromatic N) is 1. The molecule has 0 saturated carbocycles. The Kier molecular flexibility index (Phi) is 4.57. The van der Waals surface area contributed by atoms with Gasteiger partial charge in [-0.15, -0.1) is 0 Å². The number of hydrogen-bond donors (Lipinski definition) is 1. The number of carbonyl (C=O) groups excluding carboxylic acids is 2. The molecule has 1 fully saturated rings. The van der Waals surface area contributed by atoms with Gasteiger partial charge in [-0.05, 0) is 57.1 Å². The van der Waals surface area contributed by atoms with E-state index in [2.05, 4.69) is 10.2 Å². The summed E-state index contributed by atoms with van der Waals surface area (Å²) in [7, 11) is 0. The molecule has 1 amide bonds. The van der Waals surface area contributed by atoms with E-state index in [1.165, 1.54) is 19.8 Å². The van der Waals surface area contributed by atoms with E-state index < -0.39 is 0 Å². The van der Waals surface area contributed by atoms with Crippen molar-refractivity contribution in [2.24, 2.45) is 0 Å². The molecule has 0 aliphatic carbocycles. The minimum Gasteiger partial charge on any atom is -0.455 e. The van der Waals surface area contributed by atoms with Gasteiger partial charge < -0.3 is 9.73 Å². The van der Waals surface area contributed by atoms with Gasteiger partial charge in [0.2, 0.25) is 0 Å². The van der Waals surface area contributed by atoms with Crippen LogP contribution in [-0.4, -0.2) is 29.7 Å². The maximum Gasteiger partial charge on any atom is 0.291 e. The minimum atomic E-state index is -0.307. The third-order valence-electron chi connectivity index (χ3n) is 3.99. The van der Waals surface area contributed by atoms with Gasteiger partial charge in [0.25, 0.3) is 5.91 Å². The lowest BCUT2D eigenvalue weighted by atomic mass is 10.1. The summed E-state index contributed by atoms with van der Waals surface area (Å²) in [5.74, 6) is 0.743. The van der Waals surface area contributed by atoms with E-state index in [1.807, 2.05) is 6.07 Å². The van der Waals surface area contributed by atoms with Crippen molar-refractivity contribution in [3.05, 3.63) is 53.5 Å². The number of benzene rings is 1. The number of hydrogen-bond acceptors (Lipinski definition) is 4. The first-order chi connectivity index (χ1) is 11.1. The molecule has 5 heteroatoms. The highest BCUT2D eigenvalue weighted by Crippen LogP contribution is 2.17. The van der Waals surface area contributed by atoms with E-state index in [-0.39, 0.29) is 17.5 Å². The number of nitrogens with one attached hydrogen (secondary N) is 1. The Morgan fingerprint density at radius 3 is 2.70 bits per heavy atom. The summed E-state index contributed by atoms with van der Waals surface area (Å²) in [6.07, 6.45) is 2.45. The predicted octanol–water partition coefficient (Wildman–Crippen LogP) is 3.33. The second-order valence-corrected chi connectivity index (χ2v) is 5.84. The van der Waals surface area contributed by atoms with E-state index in [0.29, 0.717) is 11.3 Å². The zero-order chi connectivity index (χ0) is 16.2. The molecule has 0 radical (unpaired) electrons. The largest absolute Gasteiger partial charge is 0.455 e. The summed E-state index contributed by atoms with van der Waals surface area (Å²) in [6.45, 7) is 4.41. The molecule has 0 atom stereocenters. The predicted molar refractivity (Wildman–Crippen MR) is 87.6 cm³/mol. The zero-order valence-corrected chi connectivity index (χ0v) is 13.2. The molecule has 1 aliphatic rings. The van der Waals surface area contributed by atoms with E-state index in [1.54, 1.807) is 30.3 Å². The number of rotatable bonds is 5. The number of Topliss-reactive ketones (excluding diaryl/α,β-unsaturated/α-hetero) is 1. The van der Waals surface area contributed by atoms with Crippen LogP contribution in [0.15, 0.2) is 40.8 Å². The van der Waals surface area contributed by atoms with Crippen LogP contribution in [0.5, 0.6) is 0 Å². The fraction of sp³-hybridized carbons (Fsp3) is 0.333. The highest BCUT2D eigenvalue weighted by Gasteiger charge is 2.16. The lowest BCUT2D eigenvalue weighted by Crippen LogP contribution is -2.18. The van der Waals surface area contributed by atoms with Crippen LogP contribution in [0.2, 0.25) is 0 Å². The van der Waals surface area contributed by atoms with Crippen LogP contribution >= 0.6 is 0 Å².